The van der Waals surface area contributed by atoms with E-state index in [-0.39, 0.29) is 11.5 Å². The lowest BCUT2D eigenvalue weighted by Gasteiger charge is -2.34. The molecule has 1 aliphatic carbocycles. The van der Waals surface area contributed by atoms with Crippen molar-refractivity contribution in [2.24, 2.45) is 0 Å². The average molecular weight is 483 g/mol. The maximum Gasteiger partial charge on any atom is 0.119 e. The lowest BCUT2D eigenvalue weighted by Crippen LogP contribution is -2.28. The molecule has 6 rings (SSSR count). The summed E-state index contributed by atoms with van der Waals surface area (Å²) >= 11 is 0. The molecular formula is C34H26O3. The molecule has 0 saturated heterocycles. The van der Waals surface area contributed by atoms with Gasteiger partial charge in [-0.2, -0.15) is 0 Å². The van der Waals surface area contributed by atoms with Gasteiger partial charge >= 0.3 is 0 Å². The molecule has 0 spiro atoms. The van der Waals surface area contributed by atoms with Crippen molar-refractivity contribution in [1.29, 1.82) is 0 Å². The number of fused-ring (bicyclic) bond motifs is 3. The molecule has 0 saturated carbocycles. The van der Waals surface area contributed by atoms with E-state index in [1.54, 1.807) is 24.3 Å². The van der Waals surface area contributed by atoms with E-state index in [1.807, 2.05) is 48.6 Å². The second kappa shape index (κ2) is 9.36. The number of rotatable bonds is 6. The van der Waals surface area contributed by atoms with Gasteiger partial charge in [-0.15, -0.1) is 0 Å². The summed E-state index contributed by atoms with van der Waals surface area (Å²) in [6.45, 7) is 0.439. The molecule has 0 aliphatic heterocycles. The minimum Gasteiger partial charge on any atom is -0.508 e. The minimum atomic E-state index is -0.502. The molecule has 3 nitrogen and oxygen atoms in total. The topological polar surface area (TPSA) is 49.7 Å². The summed E-state index contributed by atoms with van der Waals surface area (Å²) in [4.78, 5) is 0. The predicted molar refractivity (Wildman–Crippen MR) is 148 cm³/mol. The third kappa shape index (κ3) is 3.95. The molecule has 0 atom stereocenters. The molecule has 0 fully saturated rings. The zero-order valence-electron chi connectivity index (χ0n) is 20.2. The van der Waals surface area contributed by atoms with Crippen molar-refractivity contribution >= 4 is 6.08 Å². The van der Waals surface area contributed by atoms with Gasteiger partial charge in [0.25, 0.3) is 0 Å². The lowest BCUT2D eigenvalue weighted by atomic mass is 9.68. The highest BCUT2D eigenvalue weighted by Gasteiger charge is 2.45. The van der Waals surface area contributed by atoms with Crippen molar-refractivity contribution in [2.75, 3.05) is 6.61 Å². The summed E-state index contributed by atoms with van der Waals surface area (Å²) < 4.78 is 5.99. The van der Waals surface area contributed by atoms with Gasteiger partial charge in [0.2, 0.25) is 0 Å². The second-order valence-corrected chi connectivity index (χ2v) is 9.22. The average Bonchev–Trinajstić information content (AvgIpc) is 3.24. The Bertz CT molecular complexity index is 1520. The van der Waals surface area contributed by atoms with Gasteiger partial charge in [-0.05, 0) is 81.4 Å². The van der Waals surface area contributed by atoms with Gasteiger partial charge in [-0.1, -0.05) is 91.0 Å². The van der Waals surface area contributed by atoms with Crippen LogP contribution in [0.2, 0.25) is 0 Å². The van der Waals surface area contributed by atoms with Crippen molar-refractivity contribution in [3.63, 3.8) is 0 Å². The first-order chi connectivity index (χ1) is 18.2. The Labute approximate surface area is 216 Å². The van der Waals surface area contributed by atoms with E-state index >= 15 is 0 Å². The van der Waals surface area contributed by atoms with Crippen LogP contribution in [0.4, 0.5) is 0 Å². The molecule has 0 radical (unpaired) electrons. The smallest absolute Gasteiger partial charge is 0.119 e. The van der Waals surface area contributed by atoms with Gasteiger partial charge in [0, 0.05) is 0 Å². The predicted octanol–water partition coefficient (Wildman–Crippen LogP) is 7.55. The second-order valence-electron chi connectivity index (χ2n) is 9.22. The minimum absolute atomic E-state index is 0.252. The standard InChI is InChI=1S/C34H26O3/c35-27-17-11-24(12-18-27)6-5-23-37-29-21-15-26(16-22-29)34(25-13-19-28(36)20-14-25)32-9-3-1-7-30(32)31-8-2-4-10-33(31)34/h1-22,35-36H,23H2. The van der Waals surface area contributed by atoms with E-state index in [0.29, 0.717) is 6.61 Å². The molecule has 2 N–H and O–H groups in total. The Kier molecular flexibility index (Phi) is 5.74. The first kappa shape index (κ1) is 22.7. The first-order valence-corrected chi connectivity index (χ1v) is 12.3. The number of phenolic OH excluding ortho intramolecular Hbond substituents is 2. The van der Waals surface area contributed by atoms with Crippen LogP contribution in [0.1, 0.15) is 27.8 Å². The Morgan fingerprint density at radius 1 is 0.568 bits per heavy atom. The molecule has 0 unspecified atom stereocenters. The van der Waals surface area contributed by atoms with E-state index in [2.05, 4.69) is 60.7 Å². The quantitative estimate of drug-likeness (QED) is 0.258. The van der Waals surface area contributed by atoms with Gasteiger partial charge in [-0.3, -0.25) is 0 Å². The number of ether oxygens (including phenoxy) is 1. The summed E-state index contributed by atoms with van der Waals surface area (Å²) in [5.74, 6) is 1.30. The van der Waals surface area contributed by atoms with Crippen molar-refractivity contribution in [2.45, 2.75) is 5.41 Å². The van der Waals surface area contributed by atoms with Crippen molar-refractivity contribution in [1.82, 2.24) is 0 Å². The van der Waals surface area contributed by atoms with Gasteiger partial charge in [0.1, 0.15) is 23.9 Å². The normalized spacial score (nSPS) is 13.3. The number of hydrogen-bond donors (Lipinski definition) is 2. The maximum atomic E-state index is 10.0. The highest BCUT2D eigenvalue weighted by molar-refractivity contribution is 5.86. The maximum absolute atomic E-state index is 10.0. The van der Waals surface area contributed by atoms with Crippen molar-refractivity contribution in [3.05, 3.63) is 155 Å². The van der Waals surface area contributed by atoms with Crippen molar-refractivity contribution < 1.29 is 14.9 Å². The van der Waals surface area contributed by atoms with Crippen LogP contribution in [-0.4, -0.2) is 16.8 Å². The van der Waals surface area contributed by atoms with E-state index in [4.69, 9.17) is 4.74 Å². The summed E-state index contributed by atoms with van der Waals surface area (Å²) in [7, 11) is 0. The summed E-state index contributed by atoms with van der Waals surface area (Å²) in [5, 5.41) is 19.5. The van der Waals surface area contributed by atoms with Crippen LogP contribution in [-0.2, 0) is 5.41 Å². The van der Waals surface area contributed by atoms with E-state index in [9.17, 15) is 10.2 Å². The monoisotopic (exact) mass is 482 g/mol. The molecule has 0 amide bonds. The zero-order valence-corrected chi connectivity index (χ0v) is 20.2. The van der Waals surface area contributed by atoms with Crippen molar-refractivity contribution in [3.8, 4) is 28.4 Å². The highest BCUT2D eigenvalue weighted by Crippen LogP contribution is 2.56. The van der Waals surface area contributed by atoms with Crippen LogP contribution < -0.4 is 4.74 Å². The Morgan fingerprint density at radius 2 is 1.05 bits per heavy atom. The Morgan fingerprint density at radius 3 is 1.62 bits per heavy atom. The van der Waals surface area contributed by atoms with Crippen LogP contribution >= 0.6 is 0 Å². The van der Waals surface area contributed by atoms with Crippen LogP contribution in [0.25, 0.3) is 17.2 Å². The molecule has 0 aromatic heterocycles. The summed E-state index contributed by atoms with van der Waals surface area (Å²) in [6, 6.07) is 40.1. The molecule has 37 heavy (non-hydrogen) atoms. The zero-order chi connectivity index (χ0) is 25.2. The van der Waals surface area contributed by atoms with Gasteiger partial charge in [0.15, 0.2) is 0 Å². The highest BCUT2D eigenvalue weighted by atomic mass is 16.5. The lowest BCUT2D eigenvalue weighted by molar-refractivity contribution is 0.363. The largest absolute Gasteiger partial charge is 0.508 e. The van der Waals surface area contributed by atoms with E-state index in [1.165, 1.54) is 22.3 Å². The van der Waals surface area contributed by atoms with Gasteiger partial charge in [0.05, 0.1) is 5.41 Å². The van der Waals surface area contributed by atoms with Gasteiger partial charge in [-0.25, -0.2) is 0 Å². The van der Waals surface area contributed by atoms with E-state index in [0.717, 1.165) is 22.4 Å². The summed E-state index contributed by atoms with van der Waals surface area (Å²) in [6.07, 6.45) is 3.93. The third-order valence-electron chi connectivity index (χ3n) is 7.09. The molecule has 0 bridgehead atoms. The van der Waals surface area contributed by atoms with Crippen LogP contribution in [0.3, 0.4) is 0 Å². The summed E-state index contributed by atoms with van der Waals surface area (Å²) in [5.41, 5.74) is 7.66. The van der Waals surface area contributed by atoms with Gasteiger partial charge < -0.3 is 14.9 Å². The number of benzene rings is 5. The molecule has 0 heterocycles. The van der Waals surface area contributed by atoms with E-state index < -0.39 is 5.41 Å². The van der Waals surface area contributed by atoms with Crippen LogP contribution in [0.15, 0.2) is 127 Å². The number of hydrogen-bond acceptors (Lipinski definition) is 3. The molecule has 3 heteroatoms. The molecule has 5 aromatic carbocycles. The number of aromatic hydroxyl groups is 2. The SMILES string of the molecule is Oc1ccc(C=CCOc2ccc(C3(c4ccc(O)cc4)c4ccccc4-c4ccccc43)cc2)cc1. The van der Waals surface area contributed by atoms with Crippen LogP contribution in [0, 0.1) is 0 Å². The Balaban J connectivity index is 1.37. The molecule has 5 aromatic rings. The fourth-order valence-corrected chi connectivity index (χ4v) is 5.45. The molecule has 1 aliphatic rings. The number of phenols is 2. The molecule has 180 valence electrons. The third-order valence-corrected chi connectivity index (χ3v) is 7.09. The fraction of sp³-hybridized carbons (Fsp3) is 0.0588. The first-order valence-electron chi connectivity index (χ1n) is 12.3. The fourth-order valence-electron chi connectivity index (χ4n) is 5.45. The Hall–Kier alpha value is -4.76. The van der Waals surface area contributed by atoms with Crippen LogP contribution in [0.5, 0.6) is 17.2 Å². The molecular weight excluding hydrogens is 456 g/mol.